The molecular weight excluding hydrogens is 304 g/mol. The first-order chi connectivity index (χ1) is 11.2. The van der Waals surface area contributed by atoms with Crippen molar-refractivity contribution < 1.29 is 0 Å². The van der Waals surface area contributed by atoms with Crippen LogP contribution in [0.1, 0.15) is 50.5 Å². The van der Waals surface area contributed by atoms with Gasteiger partial charge in [0.1, 0.15) is 5.82 Å². The van der Waals surface area contributed by atoms with Crippen molar-refractivity contribution in [1.82, 2.24) is 19.4 Å². The molecule has 3 heterocycles. The molecule has 3 rings (SSSR count). The van der Waals surface area contributed by atoms with Gasteiger partial charge in [-0.2, -0.15) is 0 Å². The molecule has 0 aliphatic carbocycles. The SMILES string of the molecule is CC(C)=CCCN1CCC[C@@H](c2nccn2Cc2cscn2)C1. The van der Waals surface area contributed by atoms with Gasteiger partial charge in [0.15, 0.2) is 0 Å². The first kappa shape index (κ1) is 16.4. The third-order valence-electron chi connectivity index (χ3n) is 4.43. The predicted molar refractivity (Wildman–Crippen MR) is 95.9 cm³/mol. The van der Waals surface area contributed by atoms with Crippen molar-refractivity contribution in [3.8, 4) is 0 Å². The summed E-state index contributed by atoms with van der Waals surface area (Å²) in [5, 5.41) is 2.12. The molecule has 1 aliphatic rings. The highest BCUT2D eigenvalue weighted by Crippen LogP contribution is 2.26. The van der Waals surface area contributed by atoms with Crippen LogP contribution in [-0.2, 0) is 6.54 Å². The number of nitrogens with zero attached hydrogens (tertiary/aromatic N) is 4. The fraction of sp³-hybridized carbons (Fsp3) is 0.556. The maximum Gasteiger partial charge on any atom is 0.113 e. The van der Waals surface area contributed by atoms with Crippen molar-refractivity contribution in [2.75, 3.05) is 19.6 Å². The zero-order valence-corrected chi connectivity index (χ0v) is 14.9. The average molecular weight is 331 g/mol. The van der Waals surface area contributed by atoms with Crippen LogP contribution in [0.2, 0.25) is 0 Å². The molecule has 0 aromatic carbocycles. The molecule has 0 bridgehead atoms. The van der Waals surface area contributed by atoms with Gasteiger partial charge in [-0.05, 0) is 39.7 Å². The van der Waals surface area contributed by atoms with Crippen LogP contribution in [0.3, 0.4) is 0 Å². The highest BCUT2D eigenvalue weighted by molar-refractivity contribution is 7.07. The van der Waals surface area contributed by atoms with E-state index in [1.165, 1.54) is 30.8 Å². The maximum atomic E-state index is 4.66. The van der Waals surface area contributed by atoms with Crippen molar-refractivity contribution in [3.05, 3.63) is 46.5 Å². The molecule has 0 radical (unpaired) electrons. The van der Waals surface area contributed by atoms with Gasteiger partial charge in [0.05, 0.1) is 17.7 Å². The minimum Gasteiger partial charge on any atom is -0.329 e. The molecule has 1 atom stereocenters. The van der Waals surface area contributed by atoms with Gasteiger partial charge < -0.3 is 9.47 Å². The van der Waals surface area contributed by atoms with E-state index in [-0.39, 0.29) is 0 Å². The van der Waals surface area contributed by atoms with E-state index in [0.29, 0.717) is 5.92 Å². The number of rotatable bonds is 6. The third kappa shape index (κ3) is 4.52. The minimum atomic E-state index is 0.545. The fourth-order valence-corrected chi connectivity index (χ4v) is 3.86. The van der Waals surface area contributed by atoms with Gasteiger partial charge in [-0.25, -0.2) is 9.97 Å². The summed E-state index contributed by atoms with van der Waals surface area (Å²) >= 11 is 1.66. The van der Waals surface area contributed by atoms with Gasteiger partial charge in [0, 0.05) is 36.8 Å². The number of hydrogen-bond donors (Lipinski definition) is 0. The summed E-state index contributed by atoms with van der Waals surface area (Å²) in [4.78, 5) is 11.7. The highest BCUT2D eigenvalue weighted by atomic mass is 32.1. The topological polar surface area (TPSA) is 34.0 Å². The Bertz CT molecular complexity index is 625. The van der Waals surface area contributed by atoms with Gasteiger partial charge in [-0.15, -0.1) is 11.3 Å². The van der Waals surface area contributed by atoms with Gasteiger partial charge >= 0.3 is 0 Å². The van der Waals surface area contributed by atoms with E-state index in [1.54, 1.807) is 11.3 Å². The number of likely N-dealkylation sites (tertiary alicyclic amines) is 1. The normalized spacial score (nSPS) is 19.0. The molecule has 0 unspecified atom stereocenters. The molecule has 2 aromatic heterocycles. The lowest BCUT2D eigenvalue weighted by molar-refractivity contribution is 0.205. The molecule has 0 spiro atoms. The zero-order valence-electron chi connectivity index (χ0n) is 14.1. The van der Waals surface area contributed by atoms with E-state index in [1.807, 2.05) is 11.7 Å². The summed E-state index contributed by atoms with van der Waals surface area (Å²) in [5.41, 5.74) is 4.44. The van der Waals surface area contributed by atoms with E-state index >= 15 is 0 Å². The number of imidazole rings is 1. The molecule has 0 N–H and O–H groups in total. The minimum absolute atomic E-state index is 0.545. The van der Waals surface area contributed by atoms with Crippen molar-refractivity contribution in [1.29, 1.82) is 0 Å². The van der Waals surface area contributed by atoms with Crippen LogP contribution in [0.15, 0.2) is 34.9 Å². The summed E-state index contributed by atoms with van der Waals surface area (Å²) in [5.74, 6) is 1.77. The van der Waals surface area contributed by atoms with Gasteiger partial charge in [0.25, 0.3) is 0 Å². The Kier molecular flexibility index (Phi) is 5.62. The molecule has 23 heavy (non-hydrogen) atoms. The molecule has 1 aliphatic heterocycles. The Morgan fingerprint density at radius 2 is 2.30 bits per heavy atom. The van der Waals surface area contributed by atoms with Crippen molar-refractivity contribution >= 4 is 11.3 Å². The second kappa shape index (κ2) is 7.88. The average Bonchev–Trinajstić information content (AvgIpc) is 3.19. The molecule has 4 nitrogen and oxygen atoms in total. The summed E-state index contributed by atoms with van der Waals surface area (Å²) < 4.78 is 2.28. The monoisotopic (exact) mass is 330 g/mol. The van der Waals surface area contributed by atoms with E-state index in [2.05, 4.69) is 50.9 Å². The van der Waals surface area contributed by atoms with E-state index in [4.69, 9.17) is 0 Å². The van der Waals surface area contributed by atoms with Crippen LogP contribution in [0.25, 0.3) is 0 Å². The first-order valence-electron chi connectivity index (χ1n) is 8.46. The summed E-state index contributed by atoms with van der Waals surface area (Å²) in [7, 11) is 0. The molecule has 1 fully saturated rings. The number of aromatic nitrogens is 3. The van der Waals surface area contributed by atoms with E-state index < -0.39 is 0 Å². The van der Waals surface area contributed by atoms with Gasteiger partial charge in [-0.3, -0.25) is 0 Å². The molecule has 1 saturated heterocycles. The lowest BCUT2D eigenvalue weighted by atomic mass is 9.97. The second-order valence-corrected chi connectivity index (χ2v) is 7.32. The van der Waals surface area contributed by atoms with E-state index in [0.717, 1.165) is 31.7 Å². The van der Waals surface area contributed by atoms with E-state index in [9.17, 15) is 0 Å². The predicted octanol–water partition coefficient (Wildman–Crippen LogP) is 3.92. The fourth-order valence-electron chi connectivity index (χ4n) is 3.31. The maximum absolute atomic E-state index is 4.66. The summed E-state index contributed by atoms with van der Waals surface area (Å²) in [6.45, 7) is 8.70. The Balaban J connectivity index is 1.62. The second-order valence-electron chi connectivity index (χ2n) is 6.60. The van der Waals surface area contributed by atoms with Crippen LogP contribution >= 0.6 is 11.3 Å². The highest BCUT2D eigenvalue weighted by Gasteiger charge is 2.24. The molecule has 124 valence electrons. The Hall–Kier alpha value is -1.46. The molecule has 2 aromatic rings. The van der Waals surface area contributed by atoms with Crippen LogP contribution in [0.5, 0.6) is 0 Å². The summed E-state index contributed by atoms with van der Waals surface area (Å²) in [6, 6.07) is 0. The third-order valence-corrected chi connectivity index (χ3v) is 5.07. The van der Waals surface area contributed by atoms with Gasteiger partial charge in [-0.1, -0.05) is 11.6 Å². The molecule has 0 saturated carbocycles. The standard InChI is InChI=1S/C18H26N4S/c1-15(2)5-3-8-21-9-4-6-16(11-21)18-19-7-10-22(18)12-17-13-23-14-20-17/h5,7,10,13-14,16H,3-4,6,8-9,11-12H2,1-2H3/t16-/m1/s1. The largest absolute Gasteiger partial charge is 0.329 e. The van der Waals surface area contributed by atoms with Crippen molar-refractivity contribution in [2.24, 2.45) is 0 Å². The number of thiazole rings is 1. The smallest absolute Gasteiger partial charge is 0.113 e. The molecule has 0 amide bonds. The van der Waals surface area contributed by atoms with Crippen LogP contribution in [0.4, 0.5) is 0 Å². The van der Waals surface area contributed by atoms with Crippen molar-refractivity contribution in [2.45, 2.75) is 45.6 Å². The van der Waals surface area contributed by atoms with Crippen LogP contribution in [0, 0.1) is 0 Å². The number of hydrogen-bond acceptors (Lipinski definition) is 4. The van der Waals surface area contributed by atoms with Gasteiger partial charge in [0.2, 0.25) is 0 Å². The van der Waals surface area contributed by atoms with Crippen molar-refractivity contribution in [3.63, 3.8) is 0 Å². The summed E-state index contributed by atoms with van der Waals surface area (Å²) in [6.07, 6.45) is 10.0. The first-order valence-corrected chi connectivity index (χ1v) is 9.40. The van der Waals surface area contributed by atoms with Crippen LogP contribution < -0.4 is 0 Å². The Labute approximate surface area is 142 Å². The molecule has 5 heteroatoms. The number of allylic oxidation sites excluding steroid dienone is 1. The lowest BCUT2D eigenvalue weighted by Gasteiger charge is -2.32. The molecular formula is C18H26N4S. The Morgan fingerprint density at radius 3 is 3.09 bits per heavy atom. The lowest BCUT2D eigenvalue weighted by Crippen LogP contribution is -2.36. The zero-order chi connectivity index (χ0) is 16.1. The quantitative estimate of drug-likeness (QED) is 0.753. The van der Waals surface area contributed by atoms with Crippen LogP contribution in [-0.4, -0.2) is 39.1 Å². The Morgan fingerprint density at radius 1 is 1.39 bits per heavy atom. The number of piperidine rings is 1.